The second-order valence-electron chi connectivity index (χ2n) is 7.91. The Hall–Kier alpha value is -0.650. The van der Waals surface area contributed by atoms with Gasteiger partial charge in [0.2, 0.25) is 5.91 Å². The lowest BCUT2D eigenvalue weighted by Gasteiger charge is -2.62. The molecule has 0 aromatic carbocycles. The molecule has 0 N–H and O–H groups in total. The molecule has 1 saturated heterocycles. The van der Waals surface area contributed by atoms with E-state index in [9.17, 15) is 4.79 Å². The SMILES string of the molecule is CC.CC.CC.CC.CC.COCCCCC(=O)N1CC2(CC(N(C)C3CC(OC)C3)C2)C1. The van der Waals surface area contributed by atoms with E-state index in [-0.39, 0.29) is 0 Å². The number of rotatable bonds is 8. The lowest BCUT2D eigenvalue weighted by atomic mass is 9.59. The predicted octanol–water partition coefficient (Wildman–Crippen LogP) is 7.03. The topological polar surface area (TPSA) is 42.0 Å². The molecular formula is C28H62N2O3. The van der Waals surface area contributed by atoms with Gasteiger partial charge in [0.05, 0.1) is 6.10 Å². The van der Waals surface area contributed by atoms with Gasteiger partial charge in [-0.3, -0.25) is 4.79 Å². The van der Waals surface area contributed by atoms with Gasteiger partial charge in [-0.1, -0.05) is 69.2 Å². The number of hydrogen-bond acceptors (Lipinski definition) is 4. The largest absolute Gasteiger partial charge is 0.385 e. The van der Waals surface area contributed by atoms with Crippen LogP contribution in [0.5, 0.6) is 0 Å². The number of nitrogens with zero attached hydrogens (tertiary/aromatic N) is 2. The molecule has 1 aliphatic heterocycles. The predicted molar refractivity (Wildman–Crippen MR) is 146 cm³/mol. The van der Waals surface area contributed by atoms with Crippen molar-refractivity contribution in [2.45, 2.75) is 132 Å². The van der Waals surface area contributed by atoms with E-state index in [0.717, 1.165) is 38.6 Å². The zero-order valence-corrected chi connectivity index (χ0v) is 24.9. The number of likely N-dealkylation sites (tertiary alicyclic amines) is 1. The number of hydrogen-bond donors (Lipinski definition) is 0. The van der Waals surface area contributed by atoms with E-state index < -0.39 is 0 Å². The Balaban J connectivity index is -0.000000798. The van der Waals surface area contributed by atoms with Crippen LogP contribution in [0.4, 0.5) is 0 Å². The van der Waals surface area contributed by atoms with Crippen LogP contribution in [-0.4, -0.2) is 74.9 Å². The zero-order chi connectivity index (χ0) is 26.4. The van der Waals surface area contributed by atoms with E-state index in [4.69, 9.17) is 9.47 Å². The maximum absolute atomic E-state index is 12.1. The Morgan fingerprint density at radius 1 is 0.848 bits per heavy atom. The summed E-state index contributed by atoms with van der Waals surface area (Å²) >= 11 is 0. The van der Waals surface area contributed by atoms with Crippen molar-refractivity contribution >= 4 is 5.91 Å². The first-order valence-electron chi connectivity index (χ1n) is 14.1. The minimum Gasteiger partial charge on any atom is -0.385 e. The molecule has 3 fully saturated rings. The van der Waals surface area contributed by atoms with Crippen LogP contribution in [0.25, 0.3) is 0 Å². The van der Waals surface area contributed by atoms with E-state index in [0.29, 0.717) is 29.9 Å². The highest BCUT2D eigenvalue weighted by molar-refractivity contribution is 5.77. The summed E-state index contributed by atoms with van der Waals surface area (Å²) in [6.45, 7) is 22.7. The first kappa shape index (κ1) is 36.9. The van der Waals surface area contributed by atoms with Crippen LogP contribution in [0.1, 0.15) is 114 Å². The third-order valence-corrected chi connectivity index (χ3v) is 6.29. The molecule has 3 rings (SSSR count). The summed E-state index contributed by atoms with van der Waals surface area (Å²) in [5.74, 6) is 0.338. The van der Waals surface area contributed by atoms with E-state index in [2.05, 4.69) is 16.8 Å². The molecule has 1 amide bonds. The van der Waals surface area contributed by atoms with Crippen molar-refractivity contribution in [2.75, 3.05) is 41.0 Å². The number of ether oxygens (including phenoxy) is 2. The second kappa shape index (κ2) is 23.1. The summed E-state index contributed by atoms with van der Waals surface area (Å²) in [4.78, 5) is 16.8. The van der Waals surface area contributed by atoms with Crippen LogP contribution in [-0.2, 0) is 14.3 Å². The van der Waals surface area contributed by atoms with Crippen LogP contribution in [0.3, 0.4) is 0 Å². The lowest BCUT2D eigenvalue weighted by molar-refractivity contribution is -0.161. The molecule has 0 aromatic rings. The maximum atomic E-state index is 12.1. The molecule has 0 unspecified atom stereocenters. The van der Waals surface area contributed by atoms with Gasteiger partial charge < -0.3 is 19.3 Å². The van der Waals surface area contributed by atoms with Gasteiger partial charge in [-0.15, -0.1) is 0 Å². The molecule has 0 atom stereocenters. The van der Waals surface area contributed by atoms with Gasteiger partial charge in [0.25, 0.3) is 0 Å². The first-order valence-corrected chi connectivity index (χ1v) is 14.1. The van der Waals surface area contributed by atoms with Crippen LogP contribution in [0, 0.1) is 5.41 Å². The second-order valence-corrected chi connectivity index (χ2v) is 7.91. The molecule has 202 valence electrons. The first-order chi connectivity index (χ1) is 16.1. The average Bonchev–Trinajstić information content (AvgIpc) is 2.81. The van der Waals surface area contributed by atoms with Crippen molar-refractivity contribution in [3.05, 3.63) is 0 Å². The Morgan fingerprint density at radius 3 is 1.76 bits per heavy atom. The fourth-order valence-electron chi connectivity index (χ4n) is 4.47. The average molecular weight is 475 g/mol. The molecule has 5 heteroatoms. The molecule has 0 aromatic heterocycles. The van der Waals surface area contributed by atoms with Gasteiger partial charge in [0.15, 0.2) is 0 Å². The summed E-state index contributed by atoms with van der Waals surface area (Å²) in [6, 6.07) is 1.43. The molecule has 2 saturated carbocycles. The van der Waals surface area contributed by atoms with Gasteiger partial charge >= 0.3 is 0 Å². The highest BCUT2D eigenvalue weighted by Crippen LogP contribution is 2.51. The quantitative estimate of drug-likeness (QED) is 0.354. The fourth-order valence-corrected chi connectivity index (χ4v) is 4.47. The Kier molecular flexibility index (Phi) is 25.8. The molecule has 0 bridgehead atoms. The standard InChI is InChI=1S/C18H32N2O3.5C2H6/c1-19(14-8-16(9-14)23-3)15-10-18(11-15)12-20(13-18)17(21)6-4-5-7-22-2;5*1-2/h14-16H,4-13H2,1-3H3;5*1-2H3. The van der Waals surface area contributed by atoms with Crippen molar-refractivity contribution in [2.24, 2.45) is 5.41 Å². The lowest BCUT2D eigenvalue weighted by Crippen LogP contribution is -2.68. The van der Waals surface area contributed by atoms with Crippen molar-refractivity contribution in [3.8, 4) is 0 Å². The molecule has 5 nitrogen and oxygen atoms in total. The van der Waals surface area contributed by atoms with Gasteiger partial charge in [-0.2, -0.15) is 0 Å². The minimum absolute atomic E-state index is 0.338. The third-order valence-electron chi connectivity index (χ3n) is 6.29. The molecule has 1 spiro atoms. The highest BCUT2D eigenvalue weighted by Gasteiger charge is 2.55. The van der Waals surface area contributed by atoms with Gasteiger partial charge in [0.1, 0.15) is 0 Å². The Morgan fingerprint density at radius 2 is 1.33 bits per heavy atom. The summed E-state index contributed by atoms with van der Waals surface area (Å²) in [6.07, 6.45) is 8.00. The third kappa shape index (κ3) is 12.0. The van der Waals surface area contributed by atoms with Crippen LogP contribution in [0.15, 0.2) is 0 Å². The van der Waals surface area contributed by atoms with E-state index in [1.54, 1.807) is 7.11 Å². The van der Waals surface area contributed by atoms with E-state index in [1.165, 1.54) is 25.7 Å². The molecular weight excluding hydrogens is 412 g/mol. The van der Waals surface area contributed by atoms with Gasteiger partial charge in [-0.05, 0) is 45.6 Å². The number of methoxy groups -OCH3 is 2. The molecule has 33 heavy (non-hydrogen) atoms. The summed E-state index contributed by atoms with van der Waals surface area (Å²) in [5, 5.41) is 0. The van der Waals surface area contributed by atoms with Crippen molar-refractivity contribution in [1.82, 2.24) is 9.80 Å². The van der Waals surface area contributed by atoms with Crippen molar-refractivity contribution in [1.29, 1.82) is 0 Å². The normalized spacial score (nSPS) is 21.3. The van der Waals surface area contributed by atoms with Crippen LogP contribution in [0.2, 0.25) is 0 Å². The summed E-state index contributed by atoms with van der Waals surface area (Å²) < 4.78 is 10.4. The van der Waals surface area contributed by atoms with Crippen LogP contribution < -0.4 is 0 Å². The van der Waals surface area contributed by atoms with Crippen molar-refractivity contribution < 1.29 is 14.3 Å². The summed E-state index contributed by atoms with van der Waals surface area (Å²) in [7, 11) is 5.80. The number of carbonyl (C=O) groups excluding carboxylic acids is 1. The van der Waals surface area contributed by atoms with Gasteiger partial charge in [0, 0.05) is 57.8 Å². The molecule has 2 aliphatic carbocycles. The number of unbranched alkanes of at least 4 members (excludes halogenated alkanes) is 1. The number of amides is 1. The minimum atomic E-state index is 0.338. The maximum Gasteiger partial charge on any atom is 0.222 e. The zero-order valence-electron chi connectivity index (χ0n) is 24.9. The Labute approximate surface area is 209 Å². The monoisotopic (exact) mass is 474 g/mol. The fraction of sp³-hybridized carbons (Fsp3) is 0.964. The Bertz CT molecular complexity index is 411. The van der Waals surface area contributed by atoms with Crippen molar-refractivity contribution in [3.63, 3.8) is 0 Å². The summed E-state index contributed by atoms with van der Waals surface area (Å²) in [5.41, 5.74) is 0.450. The smallest absolute Gasteiger partial charge is 0.222 e. The molecule has 1 heterocycles. The van der Waals surface area contributed by atoms with E-state index >= 15 is 0 Å². The highest BCUT2D eigenvalue weighted by atomic mass is 16.5. The van der Waals surface area contributed by atoms with Crippen LogP contribution >= 0.6 is 0 Å². The molecule has 0 radical (unpaired) electrons. The molecule has 3 aliphatic rings. The van der Waals surface area contributed by atoms with Gasteiger partial charge in [-0.25, -0.2) is 0 Å². The number of carbonyl (C=O) groups is 1. The van der Waals surface area contributed by atoms with E-state index in [1.807, 2.05) is 76.3 Å².